The van der Waals surface area contributed by atoms with Gasteiger partial charge in [-0.05, 0) is 41.7 Å². The first kappa shape index (κ1) is 16.5. The number of para-hydroxylation sites is 1. The predicted molar refractivity (Wildman–Crippen MR) is 101 cm³/mol. The van der Waals surface area contributed by atoms with E-state index in [9.17, 15) is 4.79 Å². The van der Waals surface area contributed by atoms with Gasteiger partial charge in [0.1, 0.15) is 0 Å². The second-order valence-electron chi connectivity index (χ2n) is 6.40. The van der Waals surface area contributed by atoms with Crippen LogP contribution in [-0.4, -0.2) is 13.1 Å². The maximum Gasteiger partial charge on any atom is 0.339 e. The summed E-state index contributed by atoms with van der Waals surface area (Å²) in [7, 11) is 1.40. The predicted octanol–water partition coefficient (Wildman–Crippen LogP) is 5.61. The van der Waals surface area contributed by atoms with Gasteiger partial charge >= 0.3 is 5.97 Å². The SMILES string of the molecule is COC(=O)c1cccc2c1N[C@@H](c1ccc(Cl)cc1Cl)[C@@H]1CC=C[C@H]21. The fourth-order valence-electron chi connectivity index (χ4n) is 3.96. The summed E-state index contributed by atoms with van der Waals surface area (Å²) < 4.78 is 4.95. The molecule has 0 spiro atoms. The van der Waals surface area contributed by atoms with E-state index in [2.05, 4.69) is 23.5 Å². The second-order valence-corrected chi connectivity index (χ2v) is 7.25. The number of carbonyl (C=O) groups excluding carboxylic acids is 1. The number of methoxy groups -OCH3 is 1. The molecule has 25 heavy (non-hydrogen) atoms. The van der Waals surface area contributed by atoms with E-state index in [1.807, 2.05) is 18.2 Å². The Morgan fingerprint density at radius 2 is 2.04 bits per heavy atom. The summed E-state index contributed by atoms with van der Waals surface area (Å²) in [6, 6.07) is 11.3. The maximum absolute atomic E-state index is 12.2. The molecule has 4 rings (SSSR count). The number of rotatable bonds is 2. The molecule has 0 saturated carbocycles. The first-order chi connectivity index (χ1) is 12.1. The van der Waals surface area contributed by atoms with Crippen molar-refractivity contribution < 1.29 is 9.53 Å². The zero-order chi connectivity index (χ0) is 17.6. The summed E-state index contributed by atoms with van der Waals surface area (Å²) >= 11 is 12.5. The van der Waals surface area contributed by atoms with Gasteiger partial charge < -0.3 is 10.1 Å². The monoisotopic (exact) mass is 373 g/mol. The highest BCUT2D eigenvalue weighted by Gasteiger charge is 2.40. The van der Waals surface area contributed by atoms with Crippen LogP contribution in [0.15, 0.2) is 48.6 Å². The Bertz CT molecular complexity index is 878. The zero-order valence-corrected chi connectivity index (χ0v) is 15.1. The van der Waals surface area contributed by atoms with Gasteiger partial charge in [0, 0.05) is 16.0 Å². The van der Waals surface area contributed by atoms with Crippen molar-refractivity contribution in [3.63, 3.8) is 0 Å². The van der Waals surface area contributed by atoms with Crippen LogP contribution < -0.4 is 5.32 Å². The minimum Gasteiger partial charge on any atom is -0.465 e. The summed E-state index contributed by atoms with van der Waals surface area (Å²) in [5, 5.41) is 4.81. The van der Waals surface area contributed by atoms with Crippen LogP contribution in [0.2, 0.25) is 10.0 Å². The molecule has 2 aromatic carbocycles. The standard InChI is InChI=1S/C20H17Cl2NO2/c1-25-20(24)16-7-3-6-14-12-4-2-5-13(12)18(23-19(14)16)15-9-8-11(21)10-17(15)22/h2-4,6-10,12-13,18,23H,5H2,1H3/t12-,13+,18+/m0/s1. The molecule has 128 valence electrons. The van der Waals surface area contributed by atoms with E-state index in [1.54, 1.807) is 12.1 Å². The largest absolute Gasteiger partial charge is 0.465 e. The van der Waals surface area contributed by atoms with Crippen LogP contribution in [0.25, 0.3) is 0 Å². The Morgan fingerprint density at radius 1 is 1.20 bits per heavy atom. The minimum absolute atomic E-state index is 0.00285. The van der Waals surface area contributed by atoms with Gasteiger partial charge in [0.2, 0.25) is 0 Å². The molecule has 0 aromatic heterocycles. The van der Waals surface area contributed by atoms with E-state index in [0.29, 0.717) is 21.5 Å². The number of esters is 1. The minimum atomic E-state index is -0.342. The number of allylic oxidation sites excluding steroid dienone is 2. The van der Waals surface area contributed by atoms with Crippen molar-refractivity contribution in [2.24, 2.45) is 5.92 Å². The van der Waals surface area contributed by atoms with E-state index in [-0.39, 0.29) is 17.9 Å². The Kier molecular flexibility index (Phi) is 4.22. The van der Waals surface area contributed by atoms with Crippen LogP contribution in [0.4, 0.5) is 5.69 Å². The van der Waals surface area contributed by atoms with Gasteiger partial charge in [0.15, 0.2) is 0 Å². The third-order valence-electron chi connectivity index (χ3n) is 5.10. The molecule has 0 bridgehead atoms. The number of anilines is 1. The lowest BCUT2D eigenvalue weighted by atomic mass is 9.76. The Morgan fingerprint density at radius 3 is 2.80 bits per heavy atom. The first-order valence-corrected chi connectivity index (χ1v) is 8.95. The molecule has 0 saturated heterocycles. The van der Waals surface area contributed by atoms with E-state index >= 15 is 0 Å². The molecule has 3 atom stereocenters. The molecule has 0 unspecified atom stereocenters. The molecule has 1 aliphatic heterocycles. The normalized spacial score (nSPS) is 23.6. The van der Waals surface area contributed by atoms with Gasteiger partial charge in [-0.1, -0.05) is 53.6 Å². The molecule has 2 aromatic rings. The fraction of sp³-hybridized carbons (Fsp3) is 0.250. The summed E-state index contributed by atoms with van der Waals surface area (Å²) in [6.07, 6.45) is 5.39. The number of hydrogen-bond acceptors (Lipinski definition) is 3. The average Bonchev–Trinajstić information content (AvgIpc) is 3.10. The Labute approximate surface area is 156 Å². The summed E-state index contributed by atoms with van der Waals surface area (Å²) in [5.41, 5.74) is 3.50. The lowest BCUT2D eigenvalue weighted by Crippen LogP contribution is -2.30. The fourth-order valence-corrected chi connectivity index (χ4v) is 4.49. The third kappa shape index (κ3) is 2.72. The number of carbonyl (C=O) groups is 1. The quantitative estimate of drug-likeness (QED) is 0.549. The second kappa shape index (κ2) is 6.40. The number of halogens is 2. The van der Waals surface area contributed by atoms with Gasteiger partial charge in [-0.3, -0.25) is 0 Å². The molecule has 5 heteroatoms. The van der Waals surface area contributed by atoms with E-state index < -0.39 is 0 Å². The topological polar surface area (TPSA) is 38.3 Å². The van der Waals surface area contributed by atoms with Crippen molar-refractivity contribution >= 4 is 34.9 Å². The van der Waals surface area contributed by atoms with Crippen molar-refractivity contribution in [2.75, 3.05) is 12.4 Å². The van der Waals surface area contributed by atoms with Crippen LogP contribution >= 0.6 is 23.2 Å². The molecule has 1 aliphatic carbocycles. The average molecular weight is 374 g/mol. The molecule has 0 radical (unpaired) electrons. The molecular weight excluding hydrogens is 357 g/mol. The molecule has 0 fully saturated rings. The number of hydrogen-bond donors (Lipinski definition) is 1. The Hall–Kier alpha value is -1.97. The lowest BCUT2D eigenvalue weighted by Gasteiger charge is -2.38. The van der Waals surface area contributed by atoms with Gasteiger partial charge in [-0.25, -0.2) is 4.79 Å². The van der Waals surface area contributed by atoms with Gasteiger partial charge in [0.05, 0.1) is 24.4 Å². The highest BCUT2D eigenvalue weighted by atomic mass is 35.5. The Balaban J connectivity index is 1.84. The smallest absolute Gasteiger partial charge is 0.339 e. The van der Waals surface area contributed by atoms with Crippen molar-refractivity contribution in [1.82, 2.24) is 0 Å². The van der Waals surface area contributed by atoms with Crippen LogP contribution in [0, 0.1) is 5.92 Å². The van der Waals surface area contributed by atoms with Crippen LogP contribution in [0.1, 0.15) is 39.9 Å². The number of fused-ring (bicyclic) bond motifs is 3. The number of ether oxygens (including phenoxy) is 1. The first-order valence-electron chi connectivity index (χ1n) is 8.19. The van der Waals surface area contributed by atoms with Crippen molar-refractivity contribution in [2.45, 2.75) is 18.4 Å². The van der Waals surface area contributed by atoms with Gasteiger partial charge in [-0.2, -0.15) is 0 Å². The van der Waals surface area contributed by atoms with Crippen LogP contribution in [0.5, 0.6) is 0 Å². The highest BCUT2D eigenvalue weighted by Crippen LogP contribution is 2.51. The molecule has 1 N–H and O–H groups in total. The number of nitrogens with one attached hydrogen (secondary N) is 1. The molecule has 2 aliphatic rings. The molecule has 0 amide bonds. The number of benzene rings is 2. The third-order valence-corrected chi connectivity index (χ3v) is 5.66. The molecular formula is C20H17Cl2NO2. The maximum atomic E-state index is 12.2. The summed E-state index contributed by atoms with van der Waals surface area (Å²) in [4.78, 5) is 12.2. The van der Waals surface area contributed by atoms with Crippen molar-refractivity contribution in [1.29, 1.82) is 0 Å². The van der Waals surface area contributed by atoms with Gasteiger partial charge in [-0.15, -0.1) is 0 Å². The molecule has 1 heterocycles. The summed E-state index contributed by atoms with van der Waals surface area (Å²) in [6.45, 7) is 0. The van der Waals surface area contributed by atoms with Crippen molar-refractivity contribution in [3.8, 4) is 0 Å². The highest BCUT2D eigenvalue weighted by molar-refractivity contribution is 6.35. The van der Waals surface area contributed by atoms with E-state index in [0.717, 1.165) is 23.2 Å². The van der Waals surface area contributed by atoms with Crippen LogP contribution in [0.3, 0.4) is 0 Å². The van der Waals surface area contributed by atoms with Gasteiger partial charge in [0.25, 0.3) is 0 Å². The van der Waals surface area contributed by atoms with E-state index in [1.165, 1.54) is 7.11 Å². The van der Waals surface area contributed by atoms with E-state index in [4.69, 9.17) is 27.9 Å². The van der Waals surface area contributed by atoms with Crippen molar-refractivity contribution in [3.05, 3.63) is 75.3 Å². The van der Waals surface area contributed by atoms with Crippen LogP contribution in [-0.2, 0) is 4.74 Å². The zero-order valence-electron chi connectivity index (χ0n) is 13.6. The summed E-state index contributed by atoms with van der Waals surface area (Å²) in [5.74, 6) is 0.252. The lowest BCUT2D eigenvalue weighted by molar-refractivity contribution is 0.0601. The molecule has 3 nitrogen and oxygen atoms in total.